The smallest absolute Gasteiger partial charge is 0.320 e. The summed E-state index contributed by atoms with van der Waals surface area (Å²) in [7, 11) is 0. The molecule has 0 rings (SSSR count). The predicted octanol–water partition coefficient (Wildman–Crippen LogP) is 0.279. The Morgan fingerprint density at radius 1 is 0.895 bits per heavy atom. The van der Waals surface area contributed by atoms with Gasteiger partial charge in [0.2, 0.25) is 0 Å². The van der Waals surface area contributed by atoms with Crippen LogP contribution in [0.1, 0.15) is 26.7 Å². The monoisotopic (exact) mass is 275 g/mol. The molecule has 0 spiro atoms. The van der Waals surface area contributed by atoms with Crippen molar-refractivity contribution in [2.75, 3.05) is 32.8 Å². The molecule has 0 bridgehead atoms. The molecule has 0 saturated carbocycles. The van der Waals surface area contributed by atoms with Gasteiger partial charge in [-0.2, -0.15) is 0 Å². The van der Waals surface area contributed by atoms with Crippen molar-refractivity contribution >= 4 is 17.9 Å². The van der Waals surface area contributed by atoms with Crippen LogP contribution in [0.5, 0.6) is 0 Å². The molecule has 0 aliphatic rings. The van der Waals surface area contributed by atoms with Crippen molar-refractivity contribution in [3.8, 4) is 0 Å². The van der Waals surface area contributed by atoms with Crippen LogP contribution in [-0.2, 0) is 23.9 Å². The lowest BCUT2D eigenvalue weighted by Gasteiger charge is -2.18. The molecule has 0 saturated heterocycles. The first kappa shape index (κ1) is 17.4. The molecule has 1 N–H and O–H groups in total. The maximum absolute atomic E-state index is 11.4. The summed E-state index contributed by atoms with van der Waals surface area (Å²) in [6.45, 7) is 3.36. The minimum atomic E-state index is -1.12. The molecule has 19 heavy (non-hydrogen) atoms. The van der Waals surface area contributed by atoms with Crippen molar-refractivity contribution in [2.45, 2.75) is 26.7 Å². The molecule has 0 atom stereocenters. The van der Waals surface area contributed by atoms with Crippen molar-refractivity contribution in [1.29, 1.82) is 0 Å². The minimum absolute atomic E-state index is 0.243. The molecule has 7 nitrogen and oxygen atoms in total. The molecule has 0 aliphatic heterocycles. The normalized spacial score (nSPS) is 10.3. The summed E-state index contributed by atoms with van der Waals surface area (Å²) in [5.41, 5.74) is 0. The number of rotatable bonds is 10. The van der Waals surface area contributed by atoms with E-state index < -0.39 is 24.5 Å². The Bertz CT molecular complexity index is 283. The largest absolute Gasteiger partial charge is 0.480 e. The van der Waals surface area contributed by atoms with E-state index in [1.165, 1.54) is 4.90 Å². The highest BCUT2D eigenvalue weighted by Gasteiger charge is 2.18. The Labute approximate surface area is 112 Å². The number of nitrogens with zero attached hydrogens (tertiary/aromatic N) is 1. The molecule has 0 unspecified atom stereocenters. The lowest BCUT2D eigenvalue weighted by atomic mass is 10.4. The number of carboxylic acids is 1. The van der Waals surface area contributed by atoms with Crippen LogP contribution in [0.15, 0.2) is 0 Å². The van der Waals surface area contributed by atoms with Gasteiger partial charge in [-0.25, -0.2) is 0 Å². The fraction of sp³-hybridized carbons (Fsp3) is 0.750. The second-order valence-electron chi connectivity index (χ2n) is 3.98. The molecule has 0 fully saturated rings. The zero-order valence-electron chi connectivity index (χ0n) is 11.4. The van der Waals surface area contributed by atoms with Crippen molar-refractivity contribution in [3.05, 3.63) is 0 Å². The van der Waals surface area contributed by atoms with Crippen LogP contribution in [0.3, 0.4) is 0 Å². The van der Waals surface area contributed by atoms with Crippen LogP contribution < -0.4 is 0 Å². The van der Waals surface area contributed by atoms with Gasteiger partial charge in [0.25, 0.3) is 0 Å². The minimum Gasteiger partial charge on any atom is -0.480 e. The third-order valence-electron chi connectivity index (χ3n) is 2.00. The SMILES string of the molecule is CCCOC(=O)CN(CC(=O)O)CC(=O)OCCC. The van der Waals surface area contributed by atoms with Crippen molar-refractivity contribution in [2.24, 2.45) is 0 Å². The summed E-state index contributed by atoms with van der Waals surface area (Å²) in [5, 5.41) is 8.72. The first-order valence-corrected chi connectivity index (χ1v) is 6.25. The van der Waals surface area contributed by atoms with E-state index in [0.717, 1.165) is 0 Å². The first-order chi connectivity index (χ1) is 8.99. The Morgan fingerprint density at radius 2 is 1.32 bits per heavy atom. The number of aliphatic carboxylic acids is 1. The van der Waals surface area contributed by atoms with E-state index in [4.69, 9.17) is 14.6 Å². The quantitative estimate of drug-likeness (QED) is 0.572. The van der Waals surface area contributed by atoms with Crippen LogP contribution in [0.25, 0.3) is 0 Å². The van der Waals surface area contributed by atoms with Crippen LogP contribution >= 0.6 is 0 Å². The van der Waals surface area contributed by atoms with Crippen LogP contribution in [0, 0.1) is 0 Å². The van der Waals surface area contributed by atoms with Gasteiger partial charge in [0.05, 0.1) is 32.8 Å². The van der Waals surface area contributed by atoms with E-state index in [1.54, 1.807) is 0 Å². The van der Waals surface area contributed by atoms with Gasteiger partial charge in [-0.1, -0.05) is 13.8 Å². The molecule has 110 valence electrons. The second-order valence-corrected chi connectivity index (χ2v) is 3.98. The maximum Gasteiger partial charge on any atom is 0.320 e. The Morgan fingerprint density at radius 3 is 1.63 bits per heavy atom. The number of hydrogen-bond acceptors (Lipinski definition) is 6. The zero-order chi connectivity index (χ0) is 14.7. The highest BCUT2D eigenvalue weighted by atomic mass is 16.5. The number of carbonyl (C=O) groups is 3. The Balaban J connectivity index is 4.25. The fourth-order valence-corrected chi connectivity index (χ4v) is 1.25. The molecular weight excluding hydrogens is 254 g/mol. The van der Waals surface area contributed by atoms with Gasteiger partial charge in [-0.3, -0.25) is 19.3 Å². The van der Waals surface area contributed by atoms with Gasteiger partial charge in [-0.05, 0) is 12.8 Å². The summed E-state index contributed by atoms with van der Waals surface area (Å²) in [6.07, 6.45) is 1.37. The number of hydrogen-bond donors (Lipinski definition) is 1. The van der Waals surface area contributed by atoms with Crippen molar-refractivity contribution in [3.63, 3.8) is 0 Å². The molecule has 7 heteroatoms. The molecule has 0 radical (unpaired) electrons. The van der Waals surface area contributed by atoms with Gasteiger partial charge in [0.1, 0.15) is 0 Å². The standard InChI is InChI=1S/C12H21NO6/c1-3-5-18-11(16)8-13(7-10(14)15)9-12(17)19-6-4-2/h3-9H2,1-2H3,(H,14,15). The highest BCUT2D eigenvalue weighted by molar-refractivity contribution is 5.77. The van der Waals surface area contributed by atoms with Crippen LogP contribution in [0.4, 0.5) is 0 Å². The lowest BCUT2D eigenvalue weighted by Crippen LogP contribution is -2.39. The summed E-state index contributed by atoms with van der Waals surface area (Å²) in [4.78, 5) is 34.6. The van der Waals surface area contributed by atoms with Gasteiger partial charge in [0, 0.05) is 0 Å². The van der Waals surface area contributed by atoms with E-state index >= 15 is 0 Å². The van der Waals surface area contributed by atoms with Gasteiger partial charge >= 0.3 is 17.9 Å². The number of esters is 2. The lowest BCUT2D eigenvalue weighted by molar-refractivity contribution is -0.150. The third-order valence-corrected chi connectivity index (χ3v) is 2.00. The summed E-state index contributed by atoms with van der Waals surface area (Å²) in [6, 6.07) is 0. The fourth-order valence-electron chi connectivity index (χ4n) is 1.25. The van der Waals surface area contributed by atoms with Crippen molar-refractivity contribution < 1.29 is 29.0 Å². The van der Waals surface area contributed by atoms with E-state index in [2.05, 4.69) is 0 Å². The molecule has 0 aliphatic carbocycles. The number of ether oxygens (including phenoxy) is 2. The molecule has 0 aromatic carbocycles. The second kappa shape index (κ2) is 10.3. The molecule has 0 heterocycles. The molecule has 0 amide bonds. The topological polar surface area (TPSA) is 93.1 Å². The summed E-state index contributed by atoms with van der Waals surface area (Å²) < 4.78 is 9.68. The maximum atomic E-state index is 11.4. The molecule has 0 aromatic heterocycles. The number of carbonyl (C=O) groups excluding carboxylic acids is 2. The average Bonchev–Trinajstić information content (AvgIpc) is 2.32. The molecule has 0 aromatic rings. The van der Waals surface area contributed by atoms with Crippen LogP contribution in [-0.4, -0.2) is 60.8 Å². The first-order valence-electron chi connectivity index (χ1n) is 6.25. The van der Waals surface area contributed by atoms with E-state index in [9.17, 15) is 14.4 Å². The summed E-state index contributed by atoms with van der Waals surface area (Å²) in [5.74, 6) is -2.22. The van der Waals surface area contributed by atoms with E-state index in [-0.39, 0.29) is 26.3 Å². The summed E-state index contributed by atoms with van der Waals surface area (Å²) >= 11 is 0. The van der Waals surface area contributed by atoms with Crippen LogP contribution in [0.2, 0.25) is 0 Å². The Hall–Kier alpha value is -1.63. The number of carboxylic acid groups (broad SMARTS) is 1. The predicted molar refractivity (Wildman–Crippen MR) is 66.6 cm³/mol. The third kappa shape index (κ3) is 10.0. The molecular formula is C12H21NO6. The highest BCUT2D eigenvalue weighted by Crippen LogP contribution is 1.94. The van der Waals surface area contributed by atoms with E-state index in [1.807, 2.05) is 13.8 Å². The zero-order valence-corrected chi connectivity index (χ0v) is 11.4. The van der Waals surface area contributed by atoms with Gasteiger partial charge in [0.15, 0.2) is 0 Å². The van der Waals surface area contributed by atoms with E-state index in [0.29, 0.717) is 12.8 Å². The van der Waals surface area contributed by atoms with Gasteiger partial charge < -0.3 is 14.6 Å². The van der Waals surface area contributed by atoms with Gasteiger partial charge in [-0.15, -0.1) is 0 Å². The Kier molecular flexibility index (Phi) is 9.42. The van der Waals surface area contributed by atoms with Crippen molar-refractivity contribution in [1.82, 2.24) is 4.90 Å². The average molecular weight is 275 g/mol.